The minimum absolute atomic E-state index is 0.214. The van der Waals surface area contributed by atoms with Crippen LogP contribution in [0.3, 0.4) is 0 Å². The molecule has 1 saturated heterocycles. The number of likely N-dealkylation sites (tertiary alicyclic amines) is 1. The Morgan fingerprint density at radius 1 is 1.79 bits per heavy atom. The van der Waals surface area contributed by atoms with E-state index in [1.807, 2.05) is 4.90 Å². The molecule has 0 saturated carbocycles. The SMILES string of the molecule is CC(O)CNCCN1CC(Br)CC1=O. The van der Waals surface area contributed by atoms with Crippen LogP contribution in [-0.4, -0.2) is 53.0 Å². The molecule has 1 aliphatic heterocycles. The van der Waals surface area contributed by atoms with Crippen molar-refractivity contribution in [3.63, 3.8) is 0 Å². The number of aliphatic hydroxyl groups excluding tert-OH is 1. The smallest absolute Gasteiger partial charge is 0.223 e. The lowest BCUT2D eigenvalue weighted by molar-refractivity contribution is -0.127. The van der Waals surface area contributed by atoms with E-state index in [9.17, 15) is 4.79 Å². The second kappa shape index (κ2) is 5.68. The first-order valence-electron chi connectivity index (χ1n) is 4.90. The van der Waals surface area contributed by atoms with Gasteiger partial charge in [-0.3, -0.25) is 4.79 Å². The molecule has 5 heteroatoms. The van der Waals surface area contributed by atoms with E-state index in [4.69, 9.17) is 5.11 Å². The molecule has 1 heterocycles. The molecule has 0 bridgehead atoms. The molecule has 4 nitrogen and oxygen atoms in total. The van der Waals surface area contributed by atoms with Crippen LogP contribution in [-0.2, 0) is 4.79 Å². The molecule has 0 aliphatic carbocycles. The highest BCUT2D eigenvalue weighted by atomic mass is 79.9. The molecule has 14 heavy (non-hydrogen) atoms. The number of hydrogen-bond donors (Lipinski definition) is 2. The molecule has 0 spiro atoms. The first-order chi connectivity index (χ1) is 6.59. The van der Waals surface area contributed by atoms with Gasteiger partial charge in [0.2, 0.25) is 5.91 Å². The lowest BCUT2D eigenvalue weighted by Crippen LogP contribution is -2.35. The van der Waals surface area contributed by atoms with E-state index in [2.05, 4.69) is 21.2 Å². The van der Waals surface area contributed by atoms with E-state index < -0.39 is 0 Å². The topological polar surface area (TPSA) is 52.6 Å². The first-order valence-corrected chi connectivity index (χ1v) is 5.82. The van der Waals surface area contributed by atoms with Gasteiger partial charge in [0.15, 0.2) is 0 Å². The molecule has 82 valence electrons. The minimum Gasteiger partial charge on any atom is -0.392 e. The molecule has 2 N–H and O–H groups in total. The van der Waals surface area contributed by atoms with Gasteiger partial charge in [-0.05, 0) is 6.92 Å². The Morgan fingerprint density at radius 2 is 2.50 bits per heavy atom. The molecular weight excluding hydrogens is 248 g/mol. The van der Waals surface area contributed by atoms with Crippen LogP contribution in [0.2, 0.25) is 0 Å². The van der Waals surface area contributed by atoms with Crippen LogP contribution in [0.5, 0.6) is 0 Å². The fourth-order valence-electron chi connectivity index (χ4n) is 1.47. The molecule has 0 aromatic carbocycles. The number of hydrogen-bond acceptors (Lipinski definition) is 3. The van der Waals surface area contributed by atoms with Crippen LogP contribution in [0.4, 0.5) is 0 Å². The van der Waals surface area contributed by atoms with Crippen molar-refractivity contribution in [2.75, 3.05) is 26.2 Å². The van der Waals surface area contributed by atoms with Gasteiger partial charge in [-0.1, -0.05) is 15.9 Å². The fourth-order valence-corrected chi connectivity index (χ4v) is 2.09. The zero-order valence-electron chi connectivity index (χ0n) is 8.37. The number of nitrogens with one attached hydrogen (secondary N) is 1. The fraction of sp³-hybridized carbons (Fsp3) is 0.889. The van der Waals surface area contributed by atoms with Crippen molar-refractivity contribution >= 4 is 21.8 Å². The molecule has 0 aromatic heterocycles. The average Bonchev–Trinajstić information content (AvgIpc) is 2.39. The molecule has 1 amide bonds. The highest BCUT2D eigenvalue weighted by molar-refractivity contribution is 9.09. The molecule has 1 aliphatic rings. The summed E-state index contributed by atoms with van der Waals surface area (Å²) in [5.74, 6) is 0.214. The summed E-state index contributed by atoms with van der Waals surface area (Å²) in [6, 6.07) is 0. The Hall–Kier alpha value is -0.130. The molecule has 1 fully saturated rings. The van der Waals surface area contributed by atoms with Gasteiger partial charge < -0.3 is 15.3 Å². The average molecular weight is 265 g/mol. The number of carbonyl (C=O) groups is 1. The summed E-state index contributed by atoms with van der Waals surface area (Å²) >= 11 is 3.43. The Bertz CT molecular complexity index is 199. The summed E-state index contributed by atoms with van der Waals surface area (Å²) in [5.41, 5.74) is 0. The van der Waals surface area contributed by atoms with E-state index in [0.29, 0.717) is 17.8 Å². The lowest BCUT2D eigenvalue weighted by Gasteiger charge is -2.16. The summed E-state index contributed by atoms with van der Waals surface area (Å²) in [6.45, 7) is 4.60. The van der Waals surface area contributed by atoms with Crippen LogP contribution < -0.4 is 5.32 Å². The number of carbonyl (C=O) groups excluding carboxylic acids is 1. The third-order valence-electron chi connectivity index (χ3n) is 2.17. The lowest BCUT2D eigenvalue weighted by atomic mass is 10.4. The van der Waals surface area contributed by atoms with Gasteiger partial charge in [-0.15, -0.1) is 0 Å². The molecule has 1 rings (SSSR count). The summed E-state index contributed by atoms with van der Waals surface area (Å²) in [5, 5.41) is 12.1. The van der Waals surface area contributed by atoms with Gasteiger partial charge in [-0.25, -0.2) is 0 Å². The quantitative estimate of drug-likeness (QED) is 0.541. The van der Waals surface area contributed by atoms with Crippen LogP contribution in [0.25, 0.3) is 0 Å². The third-order valence-corrected chi connectivity index (χ3v) is 2.78. The van der Waals surface area contributed by atoms with E-state index in [0.717, 1.165) is 19.6 Å². The van der Waals surface area contributed by atoms with Crippen molar-refractivity contribution in [3.8, 4) is 0 Å². The van der Waals surface area contributed by atoms with E-state index in [1.54, 1.807) is 6.92 Å². The van der Waals surface area contributed by atoms with Gasteiger partial charge >= 0.3 is 0 Å². The van der Waals surface area contributed by atoms with Gasteiger partial charge in [0.25, 0.3) is 0 Å². The number of rotatable bonds is 5. The maximum absolute atomic E-state index is 11.3. The number of aliphatic hydroxyl groups is 1. The largest absolute Gasteiger partial charge is 0.392 e. The monoisotopic (exact) mass is 264 g/mol. The normalized spacial score (nSPS) is 24.4. The van der Waals surface area contributed by atoms with Crippen molar-refractivity contribution in [1.82, 2.24) is 10.2 Å². The van der Waals surface area contributed by atoms with Crippen molar-refractivity contribution < 1.29 is 9.90 Å². The second-order valence-corrected chi connectivity index (χ2v) is 4.99. The summed E-state index contributed by atoms with van der Waals surface area (Å²) in [4.78, 5) is 13.5. The molecule has 2 atom stereocenters. The van der Waals surface area contributed by atoms with Gasteiger partial charge in [0.05, 0.1) is 6.10 Å². The standard InChI is InChI=1S/C9H17BrN2O2/c1-7(13)5-11-2-3-12-6-8(10)4-9(12)14/h7-8,11,13H,2-6H2,1H3. The van der Waals surface area contributed by atoms with Crippen molar-refractivity contribution in [2.45, 2.75) is 24.3 Å². The van der Waals surface area contributed by atoms with Gasteiger partial charge in [0.1, 0.15) is 0 Å². The zero-order chi connectivity index (χ0) is 10.6. The second-order valence-electron chi connectivity index (χ2n) is 3.69. The summed E-state index contributed by atoms with van der Waals surface area (Å²) in [6.07, 6.45) is 0.282. The summed E-state index contributed by atoms with van der Waals surface area (Å²) in [7, 11) is 0. The van der Waals surface area contributed by atoms with Gasteiger partial charge in [-0.2, -0.15) is 0 Å². The van der Waals surface area contributed by atoms with E-state index in [1.165, 1.54) is 0 Å². The third kappa shape index (κ3) is 3.94. The number of amides is 1. The van der Waals surface area contributed by atoms with E-state index in [-0.39, 0.29) is 12.0 Å². The number of alkyl halides is 1. The minimum atomic E-state index is -0.326. The molecule has 2 unspecified atom stereocenters. The maximum atomic E-state index is 11.3. The highest BCUT2D eigenvalue weighted by Crippen LogP contribution is 2.16. The maximum Gasteiger partial charge on any atom is 0.223 e. The number of halogens is 1. The molecule has 0 radical (unpaired) electrons. The van der Waals surface area contributed by atoms with Gasteiger partial charge in [0, 0.05) is 37.4 Å². The van der Waals surface area contributed by atoms with Crippen molar-refractivity contribution in [2.24, 2.45) is 0 Å². The predicted octanol–water partition coefficient (Wildman–Crippen LogP) is -0.0474. The van der Waals surface area contributed by atoms with E-state index >= 15 is 0 Å². The molecular formula is C9H17BrN2O2. The van der Waals surface area contributed by atoms with Crippen LogP contribution in [0, 0.1) is 0 Å². The Balaban J connectivity index is 2.10. The van der Waals surface area contributed by atoms with Crippen LogP contribution in [0.15, 0.2) is 0 Å². The van der Waals surface area contributed by atoms with Crippen LogP contribution in [0.1, 0.15) is 13.3 Å². The summed E-state index contributed by atoms with van der Waals surface area (Å²) < 4.78 is 0. The first kappa shape index (κ1) is 11.9. The predicted molar refractivity (Wildman–Crippen MR) is 58.5 cm³/mol. The Labute approximate surface area is 92.8 Å². The number of nitrogens with zero attached hydrogens (tertiary/aromatic N) is 1. The van der Waals surface area contributed by atoms with Crippen LogP contribution >= 0.6 is 15.9 Å². The highest BCUT2D eigenvalue weighted by Gasteiger charge is 2.26. The van der Waals surface area contributed by atoms with Crippen molar-refractivity contribution in [3.05, 3.63) is 0 Å². The Morgan fingerprint density at radius 3 is 3.00 bits per heavy atom. The zero-order valence-corrected chi connectivity index (χ0v) is 9.96. The molecule has 0 aromatic rings. The van der Waals surface area contributed by atoms with Crippen molar-refractivity contribution in [1.29, 1.82) is 0 Å². The Kier molecular flexibility index (Phi) is 4.84.